The molecule has 0 aliphatic carbocycles. The van der Waals surface area contributed by atoms with Crippen LogP contribution in [0.5, 0.6) is 0 Å². The highest BCUT2D eigenvalue weighted by Gasteiger charge is 2.08. The van der Waals surface area contributed by atoms with Crippen LogP contribution in [0.1, 0.15) is 13.8 Å². The van der Waals surface area contributed by atoms with Crippen molar-refractivity contribution in [3.63, 3.8) is 0 Å². The number of hydrogen-bond acceptors (Lipinski definition) is 4. The highest BCUT2D eigenvalue weighted by atomic mass is 32.2. The molecule has 0 bridgehead atoms. The summed E-state index contributed by atoms with van der Waals surface area (Å²) < 4.78 is 21.8. The second-order valence-corrected chi connectivity index (χ2v) is 5.78. The summed E-state index contributed by atoms with van der Waals surface area (Å²) in [5.41, 5.74) is 0.244. The third-order valence-electron chi connectivity index (χ3n) is 1.76. The average Bonchev–Trinajstić information content (AvgIpc) is 2.00. The van der Waals surface area contributed by atoms with Crippen LogP contribution in [-0.2, 0) is 14.6 Å². The molecule has 0 aromatic heterocycles. The molecule has 0 rings (SSSR count). The molecule has 88 valence electrons. The highest BCUT2D eigenvalue weighted by Crippen LogP contribution is 1.93. The molecule has 0 amide bonds. The molecule has 1 unspecified atom stereocenters. The van der Waals surface area contributed by atoms with Gasteiger partial charge < -0.3 is 10.4 Å². The van der Waals surface area contributed by atoms with Gasteiger partial charge in [0.1, 0.15) is 9.84 Å². The third kappa shape index (κ3) is 8.14. The molecule has 5 nitrogen and oxygen atoms in total. The van der Waals surface area contributed by atoms with Crippen molar-refractivity contribution in [1.29, 1.82) is 0 Å². The summed E-state index contributed by atoms with van der Waals surface area (Å²) in [6, 6.07) is -0.183. The first-order valence-corrected chi connectivity index (χ1v) is 6.59. The third-order valence-corrected chi connectivity index (χ3v) is 2.87. The molecule has 0 spiro atoms. The lowest BCUT2D eigenvalue weighted by Crippen LogP contribution is -2.32. The van der Waals surface area contributed by atoms with E-state index in [9.17, 15) is 13.2 Å². The smallest absolute Gasteiger partial charge is 0.330 e. The fourth-order valence-electron chi connectivity index (χ4n) is 1.01. The number of sulfone groups is 1. The van der Waals surface area contributed by atoms with Crippen LogP contribution in [-0.4, -0.2) is 44.1 Å². The number of aliphatic carboxylic acids is 1. The van der Waals surface area contributed by atoms with Crippen molar-refractivity contribution in [2.45, 2.75) is 19.9 Å². The lowest BCUT2D eigenvalue weighted by Gasteiger charge is -2.10. The Morgan fingerprint density at radius 1 is 1.53 bits per heavy atom. The summed E-state index contributed by atoms with van der Waals surface area (Å²) in [4.78, 5) is 10.4. The Hall–Kier alpha value is -0.880. The lowest BCUT2D eigenvalue weighted by atomic mass is 10.3. The van der Waals surface area contributed by atoms with Gasteiger partial charge in [-0.05, 0) is 13.8 Å². The van der Waals surface area contributed by atoms with E-state index < -0.39 is 15.8 Å². The lowest BCUT2D eigenvalue weighted by molar-refractivity contribution is -0.132. The minimum Gasteiger partial charge on any atom is -0.478 e. The van der Waals surface area contributed by atoms with Crippen LogP contribution in [0, 0.1) is 0 Å². The molecular weight excluding hydrogens is 218 g/mol. The molecule has 1 atom stereocenters. The van der Waals surface area contributed by atoms with E-state index in [-0.39, 0.29) is 17.4 Å². The highest BCUT2D eigenvalue weighted by molar-refractivity contribution is 7.90. The van der Waals surface area contributed by atoms with Gasteiger partial charge in [-0.15, -0.1) is 0 Å². The zero-order valence-corrected chi connectivity index (χ0v) is 9.97. The second kappa shape index (κ2) is 5.87. The Kier molecular flexibility index (Phi) is 5.53. The molecule has 0 aromatic carbocycles. The van der Waals surface area contributed by atoms with Crippen LogP contribution in [0.4, 0.5) is 0 Å². The van der Waals surface area contributed by atoms with Crippen molar-refractivity contribution in [1.82, 2.24) is 5.32 Å². The van der Waals surface area contributed by atoms with E-state index in [4.69, 9.17) is 5.11 Å². The van der Waals surface area contributed by atoms with Crippen LogP contribution >= 0.6 is 0 Å². The van der Waals surface area contributed by atoms with Crippen LogP contribution in [0.2, 0.25) is 0 Å². The van der Waals surface area contributed by atoms with Crippen molar-refractivity contribution < 1.29 is 18.3 Å². The Morgan fingerprint density at radius 2 is 2.07 bits per heavy atom. The van der Waals surface area contributed by atoms with E-state index in [0.29, 0.717) is 6.54 Å². The summed E-state index contributed by atoms with van der Waals surface area (Å²) in [6.07, 6.45) is 2.69. The molecule has 0 fully saturated rings. The second-order valence-electron chi connectivity index (χ2n) is 3.59. The van der Waals surface area contributed by atoms with Gasteiger partial charge in [-0.2, -0.15) is 0 Å². The number of carbonyl (C=O) groups is 1. The standard InChI is InChI=1S/C9H17NO4S/c1-7(9(11)12)4-5-10-8(2)6-15(3,13)14/h4,8,10H,5-6H2,1-3H3,(H,11,12)/b7-4-. The molecule has 0 aliphatic rings. The predicted octanol–water partition coefficient (Wildman–Crippen LogP) is 0.0400. The van der Waals surface area contributed by atoms with Crippen LogP contribution < -0.4 is 5.32 Å². The van der Waals surface area contributed by atoms with Gasteiger partial charge in [0.25, 0.3) is 0 Å². The monoisotopic (exact) mass is 235 g/mol. The summed E-state index contributed by atoms with van der Waals surface area (Å²) in [5, 5.41) is 11.4. The molecule has 0 saturated heterocycles. The van der Waals surface area contributed by atoms with Crippen molar-refractivity contribution in [3.8, 4) is 0 Å². The van der Waals surface area contributed by atoms with Gasteiger partial charge in [-0.1, -0.05) is 6.08 Å². The minimum absolute atomic E-state index is 0.0486. The Balaban J connectivity index is 3.98. The van der Waals surface area contributed by atoms with Crippen molar-refractivity contribution >= 4 is 15.8 Å². The van der Waals surface area contributed by atoms with Crippen LogP contribution in [0.3, 0.4) is 0 Å². The summed E-state index contributed by atoms with van der Waals surface area (Å²) >= 11 is 0. The normalized spacial score (nSPS) is 15.0. The maximum atomic E-state index is 10.9. The SMILES string of the molecule is C/C(=C/CNC(C)CS(C)(=O)=O)C(=O)O. The van der Waals surface area contributed by atoms with Gasteiger partial charge in [0.15, 0.2) is 0 Å². The number of carboxylic acid groups (broad SMARTS) is 1. The molecule has 0 aromatic rings. The topological polar surface area (TPSA) is 83.5 Å². The summed E-state index contributed by atoms with van der Waals surface area (Å²) in [5.74, 6) is -0.917. The maximum Gasteiger partial charge on any atom is 0.330 e. The largest absolute Gasteiger partial charge is 0.478 e. The van der Waals surface area contributed by atoms with Gasteiger partial charge in [-0.25, -0.2) is 13.2 Å². The quantitative estimate of drug-likeness (QED) is 0.635. The zero-order valence-electron chi connectivity index (χ0n) is 9.15. The molecule has 0 radical (unpaired) electrons. The summed E-state index contributed by atoms with van der Waals surface area (Å²) in [6.45, 7) is 3.59. The van der Waals surface area contributed by atoms with Crippen molar-refractivity contribution in [2.75, 3.05) is 18.6 Å². The molecule has 0 aliphatic heterocycles. The summed E-state index contributed by atoms with van der Waals surface area (Å²) in [7, 11) is -2.99. The molecule has 0 saturated carbocycles. The Bertz CT molecular complexity index is 345. The van der Waals surface area contributed by atoms with Gasteiger partial charge in [-0.3, -0.25) is 0 Å². The van der Waals surface area contributed by atoms with Gasteiger partial charge >= 0.3 is 5.97 Å². The van der Waals surface area contributed by atoms with Gasteiger partial charge in [0.2, 0.25) is 0 Å². The fraction of sp³-hybridized carbons (Fsp3) is 0.667. The van der Waals surface area contributed by atoms with E-state index in [2.05, 4.69) is 5.32 Å². The van der Waals surface area contributed by atoms with Gasteiger partial charge in [0.05, 0.1) is 5.75 Å². The van der Waals surface area contributed by atoms with Crippen molar-refractivity contribution in [2.24, 2.45) is 0 Å². The first-order chi connectivity index (χ1) is 6.72. The van der Waals surface area contributed by atoms with E-state index in [1.807, 2.05) is 0 Å². The number of carboxylic acids is 1. The molecule has 6 heteroatoms. The first-order valence-electron chi connectivity index (χ1n) is 4.53. The molecule has 0 heterocycles. The Labute approximate surface area is 90.1 Å². The molecule has 15 heavy (non-hydrogen) atoms. The van der Waals surface area contributed by atoms with Crippen LogP contribution in [0.25, 0.3) is 0 Å². The van der Waals surface area contributed by atoms with E-state index in [1.165, 1.54) is 19.3 Å². The number of rotatable bonds is 6. The maximum absolute atomic E-state index is 10.9. The first kappa shape index (κ1) is 14.1. The van der Waals surface area contributed by atoms with E-state index >= 15 is 0 Å². The van der Waals surface area contributed by atoms with Crippen molar-refractivity contribution in [3.05, 3.63) is 11.6 Å². The minimum atomic E-state index is -2.99. The fourth-order valence-corrected chi connectivity index (χ4v) is 2.04. The predicted molar refractivity (Wildman–Crippen MR) is 58.6 cm³/mol. The average molecular weight is 235 g/mol. The molecular formula is C9H17NO4S. The number of hydrogen-bond donors (Lipinski definition) is 2. The zero-order chi connectivity index (χ0) is 12.1. The number of nitrogens with one attached hydrogen (secondary N) is 1. The van der Waals surface area contributed by atoms with E-state index in [0.717, 1.165) is 0 Å². The van der Waals surface area contributed by atoms with Gasteiger partial charge in [0, 0.05) is 24.4 Å². The molecule has 2 N–H and O–H groups in total. The van der Waals surface area contributed by atoms with E-state index in [1.54, 1.807) is 6.92 Å². The van der Waals surface area contributed by atoms with Crippen LogP contribution in [0.15, 0.2) is 11.6 Å². The Morgan fingerprint density at radius 3 is 2.47 bits per heavy atom.